The first kappa shape index (κ1) is 38.9. The van der Waals surface area contributed by atoms with Crippen LogP contribution in [0, 0.1) is 5.82 Å². The molecule has 2 aromatic carbocycles. The summed E-state index contributed by atoms with van der Waals surface area (Å²) in [6.07, 6.45) is 2.97. The lowest BCUT2D eigenvalue weighted by atomic mass is 10.2. The number of hydrogen-bond acceptors (Lipinski definition) is 11. The van der Waals surface area contributed by atoms with Crippen LogP contribution in [0.25, 0.3) is 10.9 Å². The van der Waals surface area contributed by atoms with Gasteiger partial charge < -0.3 is 20.3 Å². The molecule has 0 bridgehead atoms. The van der Waals surface area contributed by atoms with Gasteiger partial charge in [-0.3, -0.25) is 23.5 Å². The first-order valence-electron chi connectivity index (χ1n) is 16.7. The number of nitrogens with one attached hydrogen (secondary N) is 3. The smallest absolute Gasteiger partial charge is 0.475 e. The number of ether oxygens (including phenoxy) is 1. The Morgan fingerprint density at radius 2 is 1.68 bits per heavy atom. The number of rotatable bonds is 18. The van der Waals surface area contributed by atoms with Crippen molar-refractivity contribution in [3.8, 4) is 5.75 Å². The summed E-state index contributed by atoms with van der Waals surface area (Å²) in [7, 11) is -3.72. The molecule has 0 saturated carbocycles. The summed E-state index contributed by atoms with van der Waals surface area (Å²) in [6.45, 7) is 16.2. The molecule has 13 nitrogen and oxygen atoms in total. The third-order valence-electron chi connectivity index (χ3n) is 6.92. The molecule has 0 saturated heterocycles. The molecular formula is C35H49FN7O6P. The van der Waals surface area contributed by atoms with Gasteiger partial charge in [0.05, 0.1) is 36.4 Å². The molecule has 0 aliphatic heterocycles. The Balaban J connectivity index is 1.22. The number of amides is 1. The fourth-order valence-electron chi connectivity index (χ4n) is 4.92. The fraction of sp³-hybridized carbons (Fsp3) is 0.486. The van der Waals surface area contributed by atoms with Crippen LogP contribution in [0.2, 0.25) is 0 Å². The number of phosphoric acid groups is 1. The van der Waals surface area contributed by atoms with Crippen molar-refractivity contribution in [1.29, 1.82) is 0 Å². The van der Waals surface area contributed by atoms with E-state index in [9.17, 15) is 13.8 Å². The van der Waals surface area contributed by atoms with Gasteiger partial charge in [0.15, 0.2) is 5.82 Å². The summed E-state index contributed by atoms with van der Waals surface area (Å²) in [4.78, 5) is 23.5. The van der Waals surface area contributed by atoms with Crippen molar-refractivity contribution in [1.82, 2.24) is 25.1 Å². The van der Waals surface area contributed by atoms with Crippen LogP contribution >= 0.6 is 7.82 Å². The number of H-pyrrole nitrogens is 1. The Hall–Kier alpha value is -3.94. The molecule has 3 N–H and O–H groups in total. The number of anilines is 3. The van der Waals surface area contributed by atoms with Crippen molar-refractivity contribution < 1.29 is 32.1 Å². The number of fused-ring (bicyclic) bond motifs is 1. The van der Waals surface area contributed by atoms with Gasteiger partial charge >= 0.3 is 7.82 Å². The maximum absolute atomic E-state index is 13.4. The van der Waals surface area contributed by atoms with Gasteiger partial charge in [0, 0.05) is 42.0 Å². The Morgan fingerprint density at radius 1 is 0.960 bits per heavy atom. The maximum atomic E-state index is 13.4. The molecule has 2 aromatic heterocycles. The van der Waals surface area contributed by atoms with Crippen molar-refractivity contribution in [2.45, 2.75) is 78.9 Å². The van der Waals surface area contributed by atoms with Crippen LogP contribution in [-0.2, 0) is 29.4 Å². The Bertz CT molecular complexity index is 1740. The molecule has 0 fully saturated rings. The van der Waals surface area contributed by atoms with Crippen molar-refractivity contribution in [2.24, 2.45) is 0 Å². The van der Waals surface area contributed by atoms with E-state index >= 15 is 0 Å². The number of carbonyl (C=O) groups excluding carboxylic acids is 1. The minimum atomic E-state index is -3.72. The predicted octanol–water partition coefficient (Wildman–Crippen LogP) is 7.65. The van der Waals surface area contributed by atoms with E-state index in [2.05, 4.69) is 42.6 Å². The van der Waals surface area contributed by atoms with Gasteiger partial charge in [-0.1, -0.05) is 13.0 Å². The molecule has 0 radical (unpaired) electrons. The van der Waals surface area contributed by atoms with Crippen LogP contribution < -0.4 is 15.4 Å². The van der Waals surface area contributed by atoms with E-state index in [1.807, 2.05) is 59.7 Å². The molecule has 15 heteroatoms. The zero-order valence-corrected chi connectivity index (χ0v) is 30.8. The Kier molecular flexibility index (Phi) is 13.5. The van der Waals surface area contributed by atoms with Gasteiger partial charge in [-0.15, -0.1) is 0 Å². The van der Waals surface area contributed by atoms with Crippen molar-refractivity contribution in [3.63, 3.8) is 0 Å². The molecular weight excluding hydrogens is 664 g/mol. The highest BCUT2D eigenvalue weighted by molar-refractivity contribution is 7.48. The highest BCUT2D eigenvalue weighted by Crippen LogP contribution is 2.55. The maximum Gasteiger partial charge on any atom is 0.475 e. The first-order chi connectivity index (χ1) is 23.6. The quantitative estimate of drug-likeness (QED) is 0.0688. The molecule has 1 amide bonds. The number of aromatic amines is 1. The van der Waals surface area contributed by atoms with Gasteiger partial charge in [0.2, 0.25) is 5.91 Å². The molecule has 4 aromatic rings. The highest BCUT2D eigenvalue weighted by atomic mass is 31.2. The van der Waals surface area contributed by atoms with Gasteiger partial charge in [0.25, 0.3) is 0 Å². The van der Waals surface area contributed by atoms with Gasteiger partial charge in [0.1, 0.15) is 23.7 Å². The lowest BCUT2D eigenvalue weighted by Gasteiger charge is -2.31. The van der Waals surface area contributed by atoms with E-state index in [4.69, 9.17) is 18.3 Å². The Morgan fingerprint density at radius 3 is 2.36 bits per heavy atom. The number of benzene rings is 2. The van der Waals surface area contributed by atoms with E-state index in [0.717, 1.165) is 31.4 Å². The number of carbonyl (C=O) groups is 1. The molecule has 0 atom stereocenters. The number of halogens is 1. The van der Waals surface area contributed by atoms with Gasteiger partial charge in [-0.2, -0.15) is 5.10 Å². The summed E-state index contributed by atoms with van der Waals surface area (Å²) < 4.78 is 49.8. The van der Waals surface area contributed by atoms with Crippen molar-refractivity contribution in [2.75, 3.05) is 43.5 Å². The SMILES string of the molecule is CCN(CCCOc1ccc2c(Nc3cc(CC(=O)Nc4cccc(F)c4)[nH]n3)ncnc2c1)CCCOP(=O)(OC(C)(C)C)OC(C)(C)C. The average molecular weight is 714 g/mol. The second-order valence-electron chi connectivity index (χ2n) is 13.7. The zero-order valence-electron chi connectivity index (χ0n) is 29.9. The van der Waals surface area contributed by atoms with Crippen molar-refractivity contribution >= 4 is 42.0 Å². The molecule has 0 aliphatic carbocycles. The molecule has 0 spiro atoms. The topological polar surface area (TPSA) is 153 Å². The second-order valence-corrected chi connectivity index (χ2v) is 15.2. The molecule has 272 valence electrons. The summed E-state index contributed by atoms with van der Waals surface area (Å²) in [6, 6.07) is 13.1. The van der Waals surface area contributed by atoms with E-state index < -0.39 is 24.8 Å². The highest BCUT2D eigenvalue weighted by Gasteiger charge is 2.37. The normalized spacial score (nSPS) is 12.4. The average Bonchev–Trinajstić information content (AvgIpc) is 3.44. The van der Waals surface area contributed by atoms with Crippen LogP contribution in [0.4, 0.5) is 21.7 Å². The third-order valence-corrected chi connectivity index (χ3v) is 8.96. The predicted molar refractivity (Wildman–Crippen MR) is 192 cm³/mol. The molecule has 0 aliphatic rings. The first-order valence-corrected chi connectivity index (χ1v) is 18.2. The summed E-state index contributed by atoms with van der Waals surface area (Å²) in [5, 5.41) is 13.7. The van der Waals surface area contributed by atoms with E-state index in [1.54, 1.807) is 12.1 Å². The minimum Gasteiger partial charge on any atom is -0.493 e. The number of aromatic nitrogens is 4. The number of nitrogens with zero attached hydrogens (tertiary/aromatic N) is 4. The molecule has 50 heavy (non-hydrogen) atoms. The van der Waals surface area contributed by atoms with Crippen LogP contribution in [0.1, 0.15) is 67.0 Å². The van der Waals surface area contributed by atoms with Crippen LogP contribution in [-0.4, -0.2) is 75.0 Å². The zero-order chi connectivity index (χ0) is 36.4. The second kappa shape index (κ2) is 17.3. The standard InChI is InChI=1S/C35H49FN7O6P/c1-8-43(17-11-19-47-50(45,48-34(2,3)4)49-35(5,6)7)16-10-18-46-28-14-15-29-30(23-28)37-24-38-33(29)40-31-21-27(41-42-31)22-32(44)39-26-13-9-12-25(36)20-26/h9,12-15,20-21,23-24H,8,10-11,16-19,22H2,1-7H3,(H,39,44)(H2,37,38,40,41,42). The van der Waals surface area contributed by atoms with Gasteiger partial charge in [-0.05, 0) is 91.3 Å². The fourth-order valence-corrected chi connectivity index (χ4v) is 6.76. The molecule has 2 heterocycles. The third kappa shape index (κ3) is 13.1. The van der Waals surface area contributed by atoms with E-state index in [0.29, 0.717) is 47.3 Å². The molecule has 0 unspecified atom stereocenters. The van der Waals surface area contributed by atoms with Gasteiger partial charge in [-0.25, -0.2) is 18.9 Å². The van der Waals surface area contributed by atoms with Crippen LogP contribution in [0.3, 0.4) is 0 Å². The number of phosphoric ester groups is 1. The number of hydrogen-bond donors (Lipinski definition) is 3. The van der Waals surface area contributed by atoms with E-state index in [-0.39, 0.29) is 18.9 Å². The largest absolute Gasteiger partial charge is 0.493 e. The summed E-state index contributed by atoms with van der Waals surface area (Å²) >= 11 is 0. The van der Waals surface area contributed by atoms with Crippen molar-refractivity contribution in [3.05, 3.63) is 66.4 Å². The minimum absolute atomic E-state index is 0.0320. The molecule has 4 rings (SSSR count). The van der Waals surface area contributed by atoms with Crippen LogP contribution in [0.5, 0.6) is 5.75 Å². The van der Waals surface area contributed by atoms with E-state index in [1.165, 1.54) is 24.5 Å². The lowest BCUT2D eigenvalue weighted by Crippen LogP contribution is -2.28. The summed E-state index contributed by atoms with van der Waals surface area (Å²) in [5.41, 5.74) is 0.313. The summed E-state index contributed by atoms with van der Waals surface area (Å²) in [5.74, 6) is 0.998. The van der Waals surface area contributed by atoms with Crippen LogP contribution in [0.15, 0.2) is 54.9 Å². The lowest BCUT2D eigenvalue weighted by molar-refractivity contribution is -0.115. The Labute approximate surface area is 293 Å². The monoisotopic (exact) mass is 713 g/mol.